The average Bonchev–Trinajstić information content (AvgIpc) is 2.34. The Labute approximate surface area is 99.7 Å². The summed E-state index contributed by atoms with van der Waals surface area (Å²) in [4.78, 5) is 23.9. The van der Waals surface area contributed by atoms with Gasteiger partial charge in [0, 0.05) is 20.2 Å². The Hall–Kier alpha value is -1.18. The maximum absolute atomic E-state index is 11.7. The lowest BCUT2D eigenvalue weighted by molar-refractivity contribution is -0.159. The highest BCUT2D eigenvalue weighted by Crippen LogP contribution is 2.05. The maximum atomic E-state index is 11.7. The number of rotatable bonds is 6. The van der Waals surface area contributed by atoms with Gasteiger partial charge in [-0.1, -0.05) is 0 Å². The predicted molar refractivity (Wildman–Crippen MR) is 58.7 cm³/mol. The SMILES string of the molecule is COCCNCC(=O)N1CCOC(C(=O)O)C1. The molecule has 1 fully saturated rings. The number of aliphatic carboxylic acids is 1. The zero-order chi connectivity index (χ0) is 12.7. The van der Waals surface area contributed by atoms with Crippen LogP contribution in [0.5, 0.6) is 0 Å². The first-order chi connectivity index (χ1) is 8.15. The highest BCUT2D eigenvalue weighted by atomic mass is 16.5. The predicted octanol–water partition coefficient (Wildman–Crippen LogP) is -1.47. The van der Waals surface area contributed by atoms with Crippen molar-refractivity contribution in [1.82, 2.24) is 10.2 Å². The van der Waals surface area contributed by atoms with Gasteiger partial charge in [-0.3, -0.25) is 4.79 Å². The number of carboxylic acids is 1. The van der Waals surface area contributed by atoms with E-state index >= 15 is 0 Å². The molecule has 0 spiro atoms. The number of carboxylic acid groups (broad SMARTS) is 1. The van der Waals surface area contributed by atoms with Crippen LogP contribution >= 0.6 is 0 Å². The van der Waals surface area contributed by atoms with E-state index in [1.54, 1.807) is 7.11 Å². The number of morpholine rings is 1. The normalized spacial score (nSPS) is 20.3. The second-order valence-electron chi connectivity index (χ2n) is 3.71. The van der Waals surface area contributed by atoms with Gasteiger partial charge in [0.25, 0.3) is 0 Å². The Balaban J connectivity index is 2.28. The quantitative estimate of drug-likeness (QED) is 0.557. The van der Waals surface area contributed by atoms with Gasteiger partial charge < -0.3 is 24.8 Å². The van der Waals surface area contributed by atoms with Crippen LogP contribution in [-0.4, -0.2) is 74.5 Å². The number of nitrogens with one attached hydrogen (secondary N) is 1. The number of carbonyl (C=O) groups is 2. The standard InChI is InChI=1S/C10H18N2O5/c1-16-4-2-11-6-9(13)12-3-5-17-8(7-12)10(14)15/h8,11H,2-7H2,1H3,(H,14,15). The number of ether oxygens (including phenoxy) is 2. The second kappa shape index (κ2) is 7.21. The molecule has 1 saturated heterocycles. The minimum Gasteiger partial charge on any atom is -0.479 e. The molecule has 0 aromatic carbocycles. The molecule has 1 heterocycles. The minimum atomic E-state index is -1.03. The van der Waals surface area contributed by atoms with E-state index in [1.165, 1.54) is 4.90 Å². The molecule has 1 aliphatic rings. The van der Waals surface area contributed by atoms with Crippen LogP contribution in [0.3, 0.4) is 0 Å². The van der Waals surface area contributed by atoms with Crippen molar-refractivity contribution in [2.24, 2.45) is 0 Å². The number of carbonyl (C=O) groups excluding carboxylic acids is 1. The van der Waals surface area contributed by atoms with Gasteiger partial charge >= 0.3 is 5.97 Å². The Morgan fingerprint density at radius 2 is 2.35 bits per heavy atom. The van der Waals surface area contributed by atoms with Gasteiger partial charge in [0.15, 0.2) is 6.10 Å². The van der Waals surface area contributed by atoms with Crippen molar-refractivity contribution in [2.75, 3.05) is 46.5 Å². The van der Waals surface area contributed by atoms with Crippen molar-refractivity contribution in [2.45, 2.75) is 6.10 Å². The van der Waals surface area contributed by atoms with E-state index in [-0.39, 0.29) is 25.6 Å². The first-order valence-electron chi connectivity index (χ1n) is 5.47. The molecule has 0 aromatic heterocycles. The summed E-state index contributed by atoms with van der Waals surface area (Å²) in [7, 11) is 1.59. The van der Waals surface area contributed by atoms with Crippen LogP contribution < -0.4 is 5.32 Å². The average molecular weight is 246 g/mol. The second-order valence-corrected chi connectivity index (χ2v) is 3.71. The molecule has 2 N–H and O–H groups in total. The number of hydrogen-bond donors (Lipinski definition) is 2. The molecule has 0 saturated carbocycles. The zero-order valence-electron chi connectivity index (χ0n) is 9.85. The monoisotopic (exact) mass is 246 g/mol. The lowest BCUT2D eigenvalue weighted by Gasteiger charge is -2.30. The van der Waals surface area contributed by atoms with Gasteiger partial charge in [0.05, 0.1) is 26.3 Å². The van der Waals surface area contributed by atoms with Crippen LogP contribution in [-0.2, 0) is 19.1 Å². The van der Waals surface area contributed by atoms with Crippen LogP contribution in [0.15, 0.2) is 0 Å². The molecule has 17 heavy (non-hydrogen) atoms. The van der Waals surface area contributed by atoms with Crippen LogP contribution in [0.1, 0.15) is 0 Å². The first kappa shape index (κ1) is 13.9. The van der Waals surface area contributed by atoms with Gasteiger partial charge in [0.2, 0.25) is 5.91 Å². The fourth-order valence-corrected chi connectivity index (χ4v) is 1.51. The topological polar surface area (TPSA) is 88.1 Å². The summed E-state index contributed by atoms with van der Waals surface area (Å²) >= 11 is 0. The third-order valence-corrected chi connectivity index (χ3v) is 2.45. The lowest BCUT2D eigenvalue weighted by atomic mass is 10.2. The Morgan fingerprint density at radius 3 is 3.00 bits per heavy atom. The van der Waals surface area contributed by atoms with Gasteiger partial charge in [0.1, 0.15) is 0 Å². The molecule has 1 aliphatic heterocycles. The van der Waals surface area contributed by atoms with E-state index in [9.17, 15) is 9.59 Å². The first-order valence-corrected chi connectivity index (χ1v) is 5.47. The Bertz CT molecular complexity index is 271. The van der Waals surface area contributed by atoms with Crippen LogP contribution in [0, 0.1) is 0 Å². The fourth-order valence-electron chi connectivity index (χ4n) is 1.51. The van der Waals surface area contributed by atoms with Crippen molar-refractivity contribution in [1.29, 1.82) is 0 Å². The van der Waals surface area contributed by atoms with Crippen molar-refractivity contribution in [3.63, 3.8) is 0 Å². The van der Waals surface area contributed by atoms with E-state index in [2.05, 4.69) is 5.32 Å². The van der Waals surface area contributed by atoms with Gasteiger partial charge in [-0.15, -0.1) is 0 Å². The summed E-state index contributed by atoms with van der Waals surface area (Å²) in [5.74, 6) is -1.15. The summed E-state index contributed by atoms with van der Waals surface area (Å²) in [6.45, 7) is 2.13. The molecule has 0 aliphatic carbocycles. The van der Waals surface area contributed by atoms with Crippen molar-refractivity contribution in [3.05, 3.63) is 0 Å². The summed E-state index contributed by atoms with van der Waals surface area (Å²) in [6.07, 6.45) is -0.910. The summed E-state index contributed by atoms with van der Waals surface area (Å²) < 4.78 is 9.86. The molecule has 1 atom stereocenters. The smallest absolute Gasteiger partial charge is 0.334 e. The van der Waals surface area contributed by atoms with Gasteiger partial charge in [-0.25, -0.2) is 4.79 Å². The molecule has 0 radical (unpaired) electrons. The van der Waals surface area contributed by atoms with Gasteiger partial charge in [-0.05, 0) is 0 Å². The molecule has 0 bridgehead atoms. The molecule has 0 aromatic rings. The third-order valence-electron chi connectivity index (χ3n) is 2.45. The highest BCUT2D eigenvalue weighted by Gasteiger charge is 2.28. The Kier molecular flexibility index (Phi) is 5.88. The van der Waals surface area contributed by atoms with Gasteiger partial charge in [-0.2, -0.15) is 0 Å². The summed E-state index contributed by atoms with van der Waals surface area (Å²) in [5, 5.41) is 11.7. The number of methoxy groups -OCH3 is 1. The van der Waals surface area contributed by atoms with E-state index < -0.39 is 12.1 Å². The number of hydrogen-bond acceptors (Lipinski definition) is 5. The number of amides is 1. The Morgan fingerprint density at radius 1 is 1.59 bits per heavy atom. The summed E-state index contributed by atoms with van der Waals surface area (Å²) in [5.41, 5.74) is 0. The molecule has 1 amide bonds. The van der Waals surface area contributed by atoms with E-state index in [0.717, 1.165) is 0 Å². The van der Waals surface area contributed by atoms with Crippen LogP contribution in [0.4, 0.5) is 0 Å². The van der Waals surface area contributed by atoms with Crippen molar-refractivity contribution < 1.29 is 24.2 Å². The van der Waals surface area contributed by atoms with Crippen molar-refractivity contribution in [3.8, 4) is 0 Å². The molecule has 1 rings (SSSR count). The van der Waals surface area contributed by atoms with Crippen LogP contribution in [0.25, 0.3) is 0 Å². The molecule has 7 heteroatoms. The largest absolute Gasteiger partial charge is 0.479 e. The maximum Gasteiger partial charge on any atom is 0.334 e. The highest BCUT2D eigenvalue weighted by molar-refractivity contribution is 5.80. The van der Waals surface area contributed by atoms with Crippen molar-refractivity contribution >= 4 is 11.9 Å². The molecular weight excluding hydrogens is 228 g/mol. The number of nitrogens with zero attached hydrogens (tertiary/aromatic N) is 1. The molecule has 1 unspecified atom stereocenters. The third kappa shape index (κ3) is 4.68. The zero-order valence-corrected chi connectivity index (χ0v) is 9.85. The fraction of sp³-hybridized carbons (Fsp3) is 0.800. The summed E-state index contributed by atoms with van der Waals surface area (Å²) in [6, 6.07) is 0. The minimum absolute atomic E-state index is 0.111. The van der Waals surface area contributed by atoms with Crippen LogP contribution in [0.2, 0.25) is 0 Å². The molecule has 98 valence electrons. The van der Waals surface area contributed by atoms with E-state index in [1.807, 2.05) is 0 Å². The van der Waals surface area contributed by atoms with E-state index in [0.29, 0.717) is 19.7 Å². The molecule has 7 nitrogen and oxygen atoms in total. The lowest BCUT2D eigenvalue weighted by Crippen LogP contribution is -2.50. The molecular formula is C10H18N2O5. The van der Waals surface area contributed by atoms with E-state index in [4.69, 9.17) is 14.6 Å².